The van der Waals surface area contributed by atoms with E-state index in [0.29, 0.717) is 12.3 Å². The second-order valence-corrected chi connectivity index (χ2v) is 5.14. The average Bonchev–Trinajstić information content (AvgIpc) is 3.05. The molecule has 0 heterocycles. The summed E-state index contributed by atoms with van der Waals surface area (Å²) in [6, 6.07) is 0.763. The van der Waals surface area contributed by atoms with Crippen molar-refractivity contribution in [2.24, 2.45) is 16.8 Å². The zero-order chi connectivity index (χ0) is 12.0. The molecule has 1 aliphatic rings. The van der Waals surface area contributed by atoms with Crippen LogP contribution in [0.5, 0.6) is 0 Å². The maximum atomic E-state index is 8.50. The zero-order valence-corrected chi connectivity index (χ0v) is 10.5. The molecule has 1 fully saturated rings. The number of nitrogens with zero attached hydrogens (tertiary/aromatic N) is 2. The van der Waals surface area contributed by atoms with Gasteiger partial charge in [-0.2, -0.15) is 0 Å². The first-order valence-electron chi connectivity index (χ1n) is 6.34. The number of amidine groups is 1. The molecule has 94 valence electrons. The Morgan fingerprint density at radius 1 is 1.44 bits per heavy atom. The predicted octanol–water partition coefficient (Wildman–Crippen LogP) is 2.02. The van der Waals surface area contributed by atoms with Crippen LogP contribution >= 0.6 is 0 Å². The molecule has 0 atom stereocenters. The van der Waals surface area contributed by atoms with Gasteiger partial charge in [-0.25, -0.2) is 0 Å². The Bertz CT molecular complexity index is 224. The third-order valence-corrected chi connectivity index (χ3v) is 3.07. The summed E-state index contributed by atoms with van der Waals surface area (Å²) in [7, 11) is 0. The smallest absolute Gasteiger partial charge is 0.140 e. The van der Waals surface area contributed by atoms with Crippen LogP contribution in [0.25, 0.3) is 0 Å². The van der Waals surface area contributed by atoms with Crippen LogP contribution in [0, 0.1) is 5.92 Å². The quantitative estimate of drug-likeness (QED) is 0.289. The molecule has 0 aromatic rings. The largest absolute Gasteiger partial charge is 0.409 e. The van der Waals surface area contributed by atoms with E-state index in [1.165, 1.54) is 25.7 Å². The number of hydrogen-bond donors (Lipinski definition) is 2. The van der Waals surface area contributed by atoms with Crippen LogP contribution in [-0.2, 0) is 0 Å². The lowest BCUT2D eigenvalue weighted by atomic mass is 10.1. The number of hydrogen-bond acceptors (Lipinski definition) is 3. The first-order chi connectivity index (χ1) is 7.63. The van der Waals surface area contributed by atoms with Crippen LogP contribution < -0.4 is 5.73 Å². The normalized spacial score (nSPS) is 17.4. The van der Waals surface area contributed by atoms with Crippen molar-refractivity contribution in [1.82, 2.24) is 4.90 Å². The van der Waals surface area contributed by atoms with Crippen LogP contribution in [0.4, 0.5) is 0 Å². The molecule has 0 radical (unpaired) electrons. The van der Waals surface area contributed by atoms with Gasteiger partial charge in [0.25, 0.3) is 0 Å². The van der Waals surface area contributed by atoms with E-state index in [1.54, 1.807) is 0 Å². The van der Waals surface area contributed by atoms with E-state index >= 15 is 0 Å². The molecule has 0 amide bonds. The fraction of sp³-hybridized carbons (Fsp3) is 0.917. The molecule has 0 aromatic heterocycles. The third-order valence-electron chi connectivity index (χ3n) is 3.07. The molecule has 4 heteroatoms. The standard InChI is InChI=1S/C12H25N3O/c1-10(2)4-3-8-15(11-5-6-11)9-7-12(13)14-16/h10-11,16H,3-9H2,1-2H3,(H2,13,14). The fourth-order valence-corrected chi connectivity index (χ4v) is 1.93. The van der Waals surface area contributed by atoms with E-state index in [2.05, 4.69) is 23.9 Å². The van der Waals surface area contributed by atoms with E-state index in [0.717, 1.165) is 25.0 Å². The molecule has 0 bridgehead atoms. The van der Waals surface area contributed by atoms with Crippen molar-refractivity contribution in [2.75, 3.05) is 13.1 Å². The van der Waals surface area contributed by atoms with Crippen LogP contribution in [0.15, 0.2) is 5.16 Å². The lowest BCUT2D eigenvalue weighted by molar-refractivity contribution is 0.257. The Morgan fingerprint density at radius 2 is 2.12 bits per heavy atom. The molecule has 16 heavy (non-hydrogen) atoms. The summed E-state index contributed by atoms with van der Waals surface area (Å²) in [4.78, 5) is 2.49. The highest BCUT2D eigenvalue weighted by atomic mass is 16.4. The topological polar surface area (TPSA) is 61.8 Å². The van der Waals surface area contributed by atoms with E-state index in [4.69, 9.17) is 10.9 Å². The van der Waals surface area contributed by atoms with Gasteiger partial charge in [-0.05, 0) is 38.1 Å². The van der Waals surface area contributed by atoms with Crippen LogP contribution in [0.2, 0.25) is 0 Å². The highest BCUT2D eigenvalue weighted by Crippen LogP contribution is 2.27. The summed E-state index contributed by atoms with van der Waals surface area (Å²) in [5.41, 5.74) is 5.49. The summed E-state index contributed by atoms with van der Waals surface area (Å²) < 4.78 is 0. The van der Waals surface area contributed by atoms with Gasteiger partial charge in [-0.1, -0.05) is 19.0 Å². The van der Waals surface area contributed by atoms with E-state index < -0.39 is 0 Å². The van der Waals surface area contributed by atoms with Gasteiger partial charge in [0.2, 0.25) is 0 Å². The van der Waals surface area contributed by atoms with E-state index in [-0.39, 0.29) is 0 Å². The Hall–Kier alpha value is -0.770. The van der Waals surface area contributed by atoms with Crippen molar-refractivity contribution < 1.29 is 5.21 Å². The Balaban J connectivity index is 2.20. The minimum absolute atomic E-state index is 0.342. The molecule has 1 saturated carbocycles. The van der Waals surface area contributed by atoms with Gasteiger partial charge in [-0.3, -0.25) is 4.90 Å². The molecule has 1 rings (SSSR count). The molecule has 0 spiro atoms. The Labute approximate surface area is 98.5 Å². The lowest BCUT2D eigenvalue weighted by Gasteiger charge is -2.21. The maximum absolute atomic E-state index is 8.50. The molecule has 0 saturated heterocycles. The fourth-order valence-electron chi connectivity index (χ4n) is 1.93. The van der Waals surface area contributed by atoms with Crippen LogP contribution in [-0.4, -0.2) is 35.1 Å². The second kappa shape index (κ2) is 6.74. The molecular formula is C12H25N3O. The third kappa shape index (κ3) is 5.35. The number of oxime groups is 1. The van der Waals surface area contributed by atoms with Crippen molar-refractivity contribution in [3.05, 3.63) is 0 Å². The van der Waals surface area contributed by atoms with Gasteiger partial charge >= 0.3 is 0 Å². The van der Waals surface area contributed by atoms with E-state index in [1.807, 2.05) is 0 Å². The first-order valence-corrected chi connectivity index (χ1v) is 6.34. The SMILES string of the molecule is CC(C)CCCN(CCC(N)=NO)C1CC1. The molecule has 4 nitrogen and oxygen atoms in total. The van der Waals surface area contributed by atoms with Gasteiger partial charge in [0, 0.05) is 19.0 Å². The van der Waals surface area contributed by atoms with Crippen molar-refractivity contribution >= 4 is 5.84 Å². The first kappa shape index (κ1) is 13.3. The molecule has 1 aliphatic carbocycles. The van der Waals surface area contributed by atoms with E-state index in [9.17, 15) is 0 Å². The minimum atomic E-state index is 0.342. The average molecular weight is 227 g/mol. The van der Waals surface area contributed by atoms with Gasteiger partial charge < -0.3 is 10.9 Å². The summed E-state index contributed by atoms with van der Waals surface area (Å²) in [5.74, 6) is 1.12. The van der Waals surface area contributed by atoms with Crippen molar-refractivity contribution in [3.63, 3.8) is 0 Å². The number of rotatable bonds is 8. The second-order valence-electron chi connectivity index (χ2n) is 5.14. The summed E-state index contributed by atoms with van der Waals surface area (Å²) in [5, 5.41) is 11.5. The van der Waals surface area contributed by atoms with Gasteiger partial charge in [0.05, 0.1) is 0 Å². The van der Waals surface area contributed by atoms with Gasteiger partial charge in [-0.15, -0.1) is 0 Å². The number of nitrogens with two attached hydrogens (primary N) is 1. The van der Waals surface area contributed by atoms with Gasteiger partial charge in [0.15, 0.2) is 0 Å². The predicted molar refractivity (Wildman–Crippen MR) is 66.7 cm³/mol. The lowest BCUT2D eigenvalue weighted by Crippen LogP contribution is -2.31. The zero-order valence-electron chi connectivity index (χ0n) is 10.5. The maximum Gasteiger partial charge on any atom is 0.140 e. The van der Waals surface area contributed by atoms with Crippen LogP contribution in [0.1, 0.15) is 46.0 Å². The van der Waals surface area contributed by atoms with Crippen molar-refractivity contribution in [3.8, 4) is 0 Å². The monoisotopic (exact) mass is 227 g/mol. The summed E-state index contributed by atoms with van der Waals surface area (Å²) >= 11 is 0. The Kier molecular flexibility index (Phi) is 5.60. The highest BCUT2D eigenvalue weighted by Gasteiger charge is 2.28. The summed E-state index contributed by atoms with van der Waals surface area (Å²) in [6.45, 7) is 6.61. The molecule has 0 aromatic carbocycles. The molecule has 0 unspecified atom stereocenters. The van der Waals surface area contributed by atoms with Crippen LogP contribution in [0.3, 0.4) is 0 Å². The van der Waals surface area contributed by atoms with Crippen molar-refractivity contribution in [1.29, 1.82) is 0 Å². The Morgan fingerprint density at radius 3 is 2.62 bits per heavy atom. The molecule has 3 N–H and O–H groups in total. The van der Waals surface area contributed by atoms with Gasteiger partial charge in [0.1, 0.15) is 5.84 Å². The summed E-state index contributed by atoms with van der Waals surface area (Å²) in [6.07, 6.45) is 5.85. The molecule has 0 aliphatic heterocycles. The minimum Gasteiger partial charge on any atom is -0.409 e. The molecular weight excluding hydrogens is 202 g/mol. The van der Waals surface area contributed by atoms with Crippen molar-refractivity contribution in [2.45, 2.75) is 52.0 Å². The highest BCUT2D eigenvalue weighted by molar-refractivity contribution is 5.79.